The minimum absolute atomic E-state index is 0.00339. The number of rotatable bonds is 5. The summed E-state index contributed by atoms with van der Waals surface area (Å²) in [5, 5.41) is 0. The third-order valence-electron chi connectivity index (χ3n) is 9.53. The highest BCUT2D eigenvalue weighted by Gasteiger charge is 2.47. The first-order chi connectivity index (χ1) is 18.4. The number of carbonyl (C=O) groups excluding carboxylic acids is 2. The molecule has 7 rings (SSSR count). The average molecular weight is 512 g/mol. The summed E-state index contributed by atoms with van der Waals surface area (Å²) in [6, 6.07) is 12.9. The molecule has 0 unspecified atom stereocenters. The highest BCUT2D eigenvalue weighted by molar-refractivity contribution is 6.17. The Morgan fingerprint density at radius 3 is 2.13 bits per heavy atom. The lowest BCUT2D eigenvalue weighted by Crippen LogP contribution is -2.39. The third-order valence-corrected chi connectivity index (χ3v) is 9.53. The number of fused-ring (bicyclic) bond motifs is 1. The van der Waals surface area contributed by atoms with Gasteiger partial charge < -0.3 is 0 Å². The number of pyridine rings is 1. The van der Waals surface area contributed by atoms with Crippen LogP contribution in [-0.4, -0.2) is 16.6 Å². The highest BCUT2D eigenvalue weighted by atomic mass is 19.1. The third kappa shape index (κ3) is 3.85. The van der Waals surface area contributed by atoms with Gasteiger partial charge in [-0.3, -0.25) is 14.6 Å². The van der Waals surface area contributed by atoms with Crippen LogP contribution in [0.3, 0.4) is 0 Å². The Bertz CT molecular complexity index is 1440. The largest absolute Gasteiger partial charge is 0.294 e. The van der Waals surface area contributed by atoms with E-state index in [4.69, 9.17) is 4.98 Å². The summed E-state index contributed by atoms with van der Waals surface area (Å²) in [6.07, 6.45) is 9.53. The van der Waals surface area contributed by atoms with Crippen LogP contribution in [0.4, 0.5) is 8.78 Å². The zero-order valence-corrected chi connectivity index (χ0v) is 21.5. The summed E-state index contributed by atoms with van der Waals surface area (Å²) in [7, 11) is 0. The van der Waals surface area contributed by atoms with E-state index in [9.17, 15) is 18.4 Å². The maximum Gasteiger partial charge on any atom is 0.195 e. The van der Waals surface area contributed by atoms with Gasteiger partial charge in [-0.25, -0.2) is 8.78 Å². The first kappa shape index (κ1) is 23.9. The number of Topliss-reactive ketones (excluding diaryl/α,β-unsaturated/α-hetero) is 1. The predicted octanol–water partition coefficient (Wildman–Crippen LogP) is 8.03. The molecule has 3 saturated carbocycles. The number of hydrogen-bond acceptors (Lipinski definition) is 3. The van der Waals surface area contributed by atoms with Gasteiger partial charge in [-0.1, -0.05) is 55.7 Å². The number of halogens is 2. The van der Waals surface area contributed by atoms with E-state index in [2.05, 4.69) is 0 Å². The van der Waals surface area contributed by atoms with E-state index >= 15 is 0 Å². The topological polar surface area (TPSA) is 47.0 Å². The molecule has 4 aliphatic rings. The molecule has 0 atom stereocenters. The Morgan fingerprint density at radius 2 is 1.53 bits per heavy atom. The van der Waals surface area contributed by atoms with Gasteiger partial charge in [-0.05, 0) is 73.6 Å². The van der Waals surface area contributed by atoms with Crippen molar-refractivity contribution in [3.63, 3.8) is 0 Å². The van der Waals surface area contributed by atoms with E-state index in [-0.39, 0.29) is 28.7 Å². The normalized spacial score (nSPS) is 21.3. The number of benzene rings is 2. The Morgan fingerprint density at radius 1 is 0.842 bits per heavy atom. The van der Waals surface area contributed by atoms with Gasteiger partial charge in [0.15, 0.2) is 11.6 Å². The van der Waals surface area contributed by atoms with Gasteiger partial charge in [0.05, 0.1) is 17.0 Å². The first-order valence-electron chi connectivity index (χ1n) is 14.1. The molecule has 0 radical (unpaired) electrons. The van der Waals surface area contributed by atoms with E-state index in [1.165, 1.54) is 12.1 Å². The van der Waals surface area contributed by atoms with Crippen LogP contribution in [0.2, 0.25) is 0 Å². The van der Waals surface area contributed by atoms with Gasteiger partial charge >= 0.3 is 0 Å². The van der Waals surface area contributed by atoms with E-state index in [0.717, 1.165) is 62.8 Å². The minimum Gasteiger partial charge on any atom is -0.294 e. The second-order valence-electron chi connectivity index (χ2n) is 12.1. The molecule has 3 aromatic rings. The lowest BCUT2D eigenvalue weighted by Gasteiger charge is -2.45. The number of aromatic nitrogens is 1. The number of hydrogen-bond donors (Lipinski definition) is 0. The summed E-state index contributed by atoms with van der Waals surface area (Å²) in [5.74, 6) is -0.384. The van der Waals surface area contributed by atoms with Crippen molar-refractivity contribution in [3.8, 4) is 11.1 Å². The molecule has 4 aliphatic carbocycles. The van der Waals surface area contributed by atoms with Crippen LogP contribution < -0.4 is 0 Å². The highest BCUT2D eigenvalue weighted by Crippen LogP contribution is 2.53. The number of ketones is 2. The summed E-state index contributed by atoms with van der Waals surface area (Å²) in [4.78, 5) is 33.3. The second kappa shape index (κ2) is 8.65. The van der Waals surface area contributed by atoms with Crippen LogP contribution in [0.15, 0.2) is 48.5 Å². The summed E-state index contributed by atoms with van der Waals surface area (Å²) >= 11 is 0. The molecule has 0 N–H and O–H groups in total. The summed E-state index contributed by atoms with van der Waals surface area (Å²) in [6.45, 7) is 0. The van der Waals surface area contributed by atoms with Crippen LogP contribution in [0.25, 0.3) is 11.1 Å². The lowest BCUT2D eigenvalue weighted by molar-refractivity contribution is 0.0705. The van der Waals surface area contributed by atoms with Crippen LogP contribution in [0.5, 0.6) is 0 Å². The van der Waals surface area contributed by atoms with Crippen molar-refractivity contribution >= 4 is 11.6 Å². The second-order valence-corrected chi connectivity index (χ2v) is 12.1. The summed E-state index contributed by atoms with van der Waals surface area (Å²) < 4.78 is 28.6. The molecule has 1 aromatic heterocycles. The molecule has 3 nitrogen and oxygen atoms in total. The standard InChI is InChI=1S/C33H31F2NO2/c34-24-12-8-20(9-13-24)27-28-25(18-32(14-3-15-32)19-26(28)37)36-30(21-4-1-2-5-21)29(27)31(38)22-6-10-23(11-7-22)33(35)16-17-33/h6-13,21H,1-5,14-19H2. The Labute approximate surface area is 221 Å². The van der Waals surface area contributed by atoms with Crippen LogP contribution in [0, 0.1) is 11.2 Å². The van der Waals surface area contributed by atoms with Crippen molar-refractivity contribution in [2.24, 2.45) is 5.41 Å². The van der Waals surface area contributed by atoms with Crippen molar-refractivity contribution in [1.29, 1.82) is 0 Å². The van der Waals surface area contributed by atoms with E-state index in [0.29, 0.717) is 52.6 Å². The Hall–Kier alpha value is -3.21. The fraction of sp³-hybridized carbons (Fsp3) is 0.424. The van der Waals surface area contributed by atoms with Gasteiger partial charge in [-0.15, -0.1) is 0 Å². The number of carbonyl (C=O) groups is 2. The molecule has 0 amide bonds. The van der Waals surface area contributed by atoms with Crippen LogP contribution in [-0.2, 0) is 12.1 Å². The monoisotopic (exact) mass is 511 g/mol. The van der Waals surface area contributed by atoms with Crippen molar-refractivity contribution in [2.45, 2.75) is 82.2 Å². The van der Waals surface area contributed by atoms with E-state index in [1.807, 2.05) is 0 Å². The predicted molar refractivity (Wildman–Crippen MR) is 142 cm³/mol. The van der Waals surface area contributed by atoms with Crippen LogP contribution in [0.1, 0.15) is 113 Å². The zero-order chi connectivity index (χ0) is 26.1. The van der Waals surface area contributed by atoms with Crippen LogP contribution >= 0.6 is 0 Å². The quantitative estimate of drug-likeness (QED) is 0.326. The number of alkyl halides is 1. The molecule has 1 heterocycles. The maximum absolute atomic E-state index is 14.6. The fourth-order valence-electron chi connectivity index (χ4n) is 7.05. The molecule has 5 heteroatoms. The molecule has 0 bridgehead atoms. The molecular weight excluding hydrogens is 480 g/mol. The number of nitrogens with zero attached hydrogens (tertiary/aromatic N) is 1. The molecule has 0 aliphatic heterocycles. The van der Waals surface area contributed by atoms with Crippen molar-refractivity contribution < 1.29 is 18.4 Å². The minimum atomic E-state index is -1.27. The first-order valence-corrected chi connectivity index (χ1v) is 14.1. The van der Waals surface area contributed by atoms with Gasteiger partial charge in [0.25, 0.3) is 0 Å². The SMILES string of the molecule is O=C1CC2(CCC2)Cc2nc(C3CCCC3)c(C(=O)c3ccc(C4(F)CC4)cc3)c(-c3ccc(F)cc3)c21. The molecular formula is C33H31F2NO2. The summed E-state index contributed by atoms with van der Waals surface area (Å²) in [5.41, 5.74) is 3.66. The molecule has 0 saturated heterocycles. The van der Waals surface area contributed by atoms with Crippen molar-refractivity contribution in [2.75, 3.05) is 0 Å². The van der Waals surface area contributed by atoms with Gasteiger partial charge in [0, 0.05) is 29.0 Å². The van der Waals surface area contributed by atoms with E-state index < -0.39 is 5.67 Å². The van der Waals surface area contributed by atoms with E-state index in [1.54, 1.807) is 36.4 Å². The smallest absolute Gasteiger partial charge is 0.195 e. The average Bonchev–Trinajstić information content (AvgIpc) is 3.42. The Balaban J connectivity index is 1.45. The maximum atomic E-state index is 14.6. The Kier molecular flexibility index (Phi) is 5.44. The lowest BCUT2D eigenvalue weighted by atomic mass is 9.59. The zero-order valence-electron chi connectivity index (χ0n) is 21.5. The van der Waals surface area contributed by atoms with Gasteiger partial charge in [0.1, 0.15) is 11.5 Å². The van der Waals surface area contributed by atoms with Crippen molar-refractivity contribution in [1.82, 2.24) is 4.98 Å². The molecule has 2 aromatic carbocycles. The molecule has 38 heavy (non-hydrogen) atoms. The van der Waals surface area contributed by atoms with Crippen molar-refractivity contribution in [3.05, 3.63) is 88.0 Å². The molecule has 194 valence electrons. The molecule has 3 fully saturated rings. The molecule has 1 spiro atoms. The van der Waals surface area contributed by atoms with Gasteiger partial charge in [-0.2, -0.15) is 0 Å². The van der Waals surface area contributed by atoms with Gasteiger partial charge in [0.2, 0.25) is 0 Å². The fourth-order valence-corrected chi connectivity index (χ4v) is 7.05.